The molecule has 0 saturated heterocycles. The maximum atomic E-state index is 12.4. The summed E-state index contributed by atoms with van der Waals surface area (Å²) in [7, 11) is 0. The average molecular weight is 318 g/mol. The third-order valence-corrected chi connectivity index (χ3v) is 2.59. The second-order valence-corrected chi connectivity index (χ2v) is 3.76. The average Bonchev–Trinajstić information content (AvgIpc) is 2.08. The van der Waals surface area contributed by atoms with Crippen LogP contribution >= 0.6 is 34.2 Å². The molecular formula is C7H6ClF2IN2. The minimum atomic E-state index is -2.56. The highest BCUT2D eigenvalue weighted by atomic mass is 127. The molecule has 1 rings (SSSR count). The van der Waals surface area contributed by atoms with Crippen molar-refractivity contribution in [3.63, 3.8) is 0 Å². The summed E-state index contributed by atoms with van der Waals surface area (Å²) in [6, 6.07) is 1.31. The second kappa shape index (κ2) is 4.36. The van der Waals surface area contributed by atoms with Gasteiger partial charge in [0.1, 0.15) is 5.82 Å². The van der Waals surface area contributed by atoms with Crippen molar-refractivity contribution in [2.24, 2.45) is 0 Å². The van der Waals surface area contributed by atoms with Gasteiger partial charge in [0, 0.05) is 5.56 Å². The van der Waals surface area contributed by atoms with Crippen LogP contribution in [0.3, 0.4) is 0 Å². The summed E-state index contributed by atoms with van der Waals surface area (Å²) >= 11 is 7.30. The lowest BCUT2D eigenvalue weighted by molar-refractivity contribution is 0.150. The van der Waals surface area contributed by atoms with Crippen LogP contribution in [0.1, 0.15) is 17.7 Å². The van der Waals surface area contributed by atoms with E-state index in [1.54, 1.807) is 0 Å². The molecule has 2 N–H and O–H groups in total. The van der Waals surface area contributed by atoms with Crippen molar-refractivity contribution in [1.29, 1.82) is 0 Å². The van der Waals surface area contributed by atoms with Gasteiger partial charge >= 0.3 is 0 Å². The van der Waals surface area contributed by atoms with Crippen molar-refractivity contribution in [3.05, 3.63) is 20.9 Å². The van der Waals surface area contributed by atoms with Crippen LogP contribution in [-0.2, 0) is 5.88 Å². The molecule has 1 aromatic rings. The Morgan fingerprint density at radius 2 is 2.23 bits per heavy atom. The molecule has 0 aliphatic heterocycles. The number of hydrogen-bond acceptors (Lipinski definition) is 2. The predicted octanol–water partition coefficient (Wildman–Crippen LogP) is 2.94. The topological polar surface area (TPSA) is 38.9 Å². The van der Waals surface area contributed by atoms with Gasteiger partial charge in [0.15, 0.2) is 0 Å². The molecular weight excluding hydrogens is 312 g/mol. The largest absolute Gasteiger partial charge is 0.383 e. The van der Waals surface area contributed by atoms with E-state index in [0.29, 0.717) is 3.57 Å². The maximum Gasteiger partial charge on any atom is 0.265 e. The Hall–Kier alpha value is -0.170. The molecule has 0 radical (unpaired) electrons. The molecule has 2 nitrogen and oxygen atoms in total. The molecule has 72 valence electrons. The molecule has 0 bridgehead atoms. The van der Waals surface area contributed by atoms with Crippen molar-refractivity contribution in [1.82, 2.24) is 4.98 Å². The molecule has 0 aliphatic carbocycles. The maximum absolute atomic E-state index is 12.4. The Balaban J connectivity index is 3.25. The van der Waals surface area contributed by atoms with Gasteiger partial charge in [-0.2, -0.15) is 0 Å². The van der Waals surface area contributed by atoms with E-state index in [9.17, 15) is 8.78 Å². The second-order valence-electron chi connectivity index (χ2n) is 2.33. The van der Waals surface area contributed by atoms with Crippen LogP contribution < -0.4 is 5.73 Å². The van der Waals surface area contributed by atoms with E-state index in [-0.39, 0.29) is 23.0 Å². The molecule has 1 heterocycles. The Labute approximate surface area is 92.6 Å². The summed E-state index contributed by atoms with van der Waals surface area (Å²) < 4.78 is 25.3. The van der Waals surface area contributed by atoms with E-state index < -0.39 is 6.43 Å². The fourth-order valence-electron chi connectivity index (χ4n) is 0.853. The summed E-state index contributed by atoms with van der Waals surface area (Å²) in [5.41, 5.74) is 5.45. The normalized spacial score (nSPS) is 10.8. The van der Waals surface area contributed by atoms with Gasteiger partial charge < -0.3 is 5.73 Å². The van der Waals surface area contributed by atoms with E-state index in [2.05, 4.69) is 4.98 Å². The SMILES string of the molecule is Nc1nc(CCl)c(C(F)F)cc1I. The van der Waals surface area contributed by atoms with E-state index in [1.165, 1.54) is 6.07 Å². The van der Waals surface area contributed by atoms with Crippen molar-refractivity contribution in [2.75, 3.05) is 5.73 Å². The van der Waals surface area contributed by atoms with Gasteiger partial charge in [-0.1, -0.05) is 0 Å². The zero-order chi connectivity index (χ0) is 10.0. The van der Waals surface area contributed by atoms with E-state index in [1.807, 2.05) is 22.6 Å². The Morgan fingerprint density at radius 1 is 1.62 bits per heavy atom. The quantitative estimate of drug-likeness (QED) is 0.672. The van der Waals surface area contributed by atoms with Crippen molar-refractivity contribution >= 4 is 40.0 Å². The van der Waals surface area contributed by atoms with Crippen LogP contribution in [0.4, 0.5) is 14.6 Å². The van der Waals surface area contributed by atoms with Crippen LogP contribution in [0.2, 0.25) is 0 Å². The first-order chi connectivity index (χ1) is 6.06. The van der Waals surface area contributed by atoms with Crippen LogP contribution in [0.5, 0.6) is 0 Å². The number of nitrogen functional groups attached to an aromatic ring is 1. The van der Waals surface area contributed by atoms with Gasteiger partial charge in [0.05, 0.1) is 15.1 Å². The van der Waals surface area contributed by atoms with Gasteiger partial charge in [-0.15, -0.1) is 11.6 Å². The van der Waals surface area contributed by atoms with Crippen LogP contribution in [0.15, 0.2) is 6.07 Å². The lowest BCUT2D eigenvalue weighted by Gasteiger charge is -2.07. The van der Waals surface area contributed by atoms with Crippen molar-refractivity contribution in [3.8, 4) is 0 Å². The highest BCUT2D eigenvalue weighted by molar-refractivity contribution is 14.1. The van der Waals surface area contributed by atoms with Crippen LogP contribution in [-0.4, -0.2) is 4.98 Å². The third-order valence-electron chi connectivity index (χ3n) is 1.48. The zero-order valence-electron chi connectivity index (χ0n) is 6.40. The molecule has 0 amide bonds. The van der Waals surface area contributed by atoms with Gasteiger partial charge in [0.2, 0.25) is 0 Å². The molecule has 0 aromatic carbocycles. The molecule has 1 aromatic heterocycles. The minimum Gasteiger partial charge on any atom is -0.383 e. The van der Waals surface area contributed by atoms with Crippen molar-refractivity contribution in [2.45, 2.75) is 12.3 Å². The molecule has 0 unspecified atom stereocenters. The Kier molecular flexibility index (Phi) is 3.66. The van der Waals surface area contributed by atoms with Crippen LogP contribution in [0, 0.1) is 3.57 Å². The zero-order valence-corrected chi connectivity index (χ0v) is 9.31. The number of aromatic nitrogens is 1. The van der Waals surface area contributed by atoms with Gasteiger partial charge in [-0.05, 0) is 28.7 Å². The summed E-state index contributed by atoms with van der Waals surface area (Å²) in [6.07, 6.45) is -2.56. The number of hydrogen-bond donors (Lipinski definition) is 1. The number of nitrogens with zero attached hydrogens (tertiary/aromatic N) is 1. The number of alkyl halides is 3. The van der Waals surface area contributed by atoms with E-state index >= 15 is 0 Å². The van der Waals surface area contributed by atoms with Crippen LogP contribution in [0.25, 0.3) is 0 Å². The fraction of sp³-hybridized carbons (Fsp3) is 0.286. The smallest absolute Gasteiger partial charge is 0.265 e. The highest BCUT2D eigenvalue weighted by Crippen LogP contribution is 2.26. The van der Waals surface area contributed by atoms with E-state index in [4.69, 9.17) is 17.3 Å². The van der Waals surface area contributed by atoms with E-state index in [0.717, 1.165) is 0 Å². The third kappa shape index (κ3) is 2.40. The summed E-state index contributed by atoms with van der Waals surface area (Å²) in [6.45, 7) is 0. The Bertz CT molecular complexity index is 320. The predicted molar refractivity (Wildman–Crippen MR) is 55.9 cm³/mol. The number of pyridine rings is 1. The summed E-state index contributed by atoms with van der Waals surface area (Å²) in [5.74, 6) is 0.182. The first kappa shape index (κ1) is 10.9. The van der Waals surface area contributed by atoms with Gasteiger partial charge in [-0.25, -0.2) is 13.8 Å². The Morgan fingerprint density at radius 3 is 2.69 bits per heavy atom. The number of halogens is 4. The highest BCUT2D eigenvalue weighted by Gasteiger charge is 2.15. The summed E-state index contributed by atoms with van der Waals surface area (Å²) in [4.78, 5) is 3.77. The number of nitrogens with two attached hydrogens (primary N) is 1. The summed E-state index contributed by atoms with van der Waals surface area (Å²) in [5, 5.41) is 0. The van der Waals surface area contributed by atoms with Crippen molar-refractivity contribution < 1.29 is 8.78 Å². The monoisotopic (exact) mass is 318 g/mol. The number of rotatable bonds is 2. The molecule has 0 atom stereocenters. The lowest BCUT2D eigenvalue weighted by atomic mass is 10.2. The first-order valence-corrected chi connectivity index (χ1v) is 4.96. The minimum absolute atomic E-state index is 0.0548. The molecule has 0 saturated carbocycles. The number of anilines is 1. The first-order valence-electron chi connectivity index (χ1n) is 3.35. The lowest BCUT2D eigenvalue weighted by Crippen LogP contribution is -2.02. The van der Waals surface area contributed by atoms with Gasteiger partial charge in [-0.3, -0.25) is 0 Å². The fourth-order valence-corrected chi connectivity index (χ4v) is 1.52. The molecule has 0 fully saturated rings. The molecule has 0 aliphatic rings. The molecule has 6 heteroatoms. The molecule has 0 spiro atoms. The standard InChI is InChI=1S/C7H6ClF2IN2/c8-2-5-3(6(9)10)1-4(11)7(12)13-5/h1,6H,2H2,(H2,12,13). The van der Waals surface area contributed by atoms with Gasteiger partial charge in [0.25, 0.3) is 6.43 Å². The molecule has 13 heavy (non-hydrogen) atoms.